The van der Waals surface area contributed by atoms with Gasteiger partial charge < -0.3 is 9.88 Å². The third-order valence-electron chi connectivity index (χ3n) is 4.42. The van der Waals surface area contributed by atoms with Gasteiger partial charge in [-0.1, -0.05) is 29.3 Å². The van der Waals surface area contributed by atoms with Crippen LogP contribution in [0.5, 0.6) is 0 Å². The highest BCUT2D eigenvalue weighted by Crippen LogP contribution is 2.30. The van der Waals surface area contributed by atoms with Gasteiger partial charge in [0.15, 0.2) is 0 Å². The van der Waals surface area contributed by atoms with Gasteiger partial charge in [-0.05, 0) is 68.0 Å². The van der Waals surface area contributed by atoms with E-state index < -0.39 is 5.91 Å². The molecule has 0 saturated carbocycles. The number of amides is 1. The summed E-state index contributed by atoms with van der Waals surface area (Å²) < 4.78 is 15.2. The Hall–Kier alpha value is -3.07. The van der Waals surface area contributed by atoms with Gasteiger partial charge in [0.25, 0.3) is 5.91 Å². The average molecular weight is 428 g/mol. The smallest absolute Gasteiger partial charge is 0.266 e. The molecule has 1 heterocycles. The predicted molar refractivity (Wildman–Crippen MR) is 114 cm³/mol. The van der Waals surface area contributed by atoms with Crippen molar-refractivity contribution in [3.63, 3.8) is 0 Å². The Morgan fingerprint density at radius 2 is 1.86 bits per heavy atom. The fourth-order valence-corrected chi connectivity index (χ4v) is 3.36. The van der Waals surface area contributed by atoms with E-state index >= 15 is 0 Å². The van der Waals surface area contributed by atoms with Crippen molar-refractivity contribution in [1.29, 1.82) is 5.26 Å². The number of halogens is 3. The van der Waals surface area contributed by atoms with Gasteiger partial charge in [-0.25, -0.2) is 4.39 Å². The molecule has 1 aromatic heterocycles. The van der Waals surface area contributed by atoms with Gasteiger partial charge in [0.05, 0.1) is 15.7 Å². The maximum absolute atomic E-state index is 13.2. The molecule has 0 atom stereocenters. The molecule has 0 bridgehead atoms. The summed E-state index contributed by atoms with van der Waals surface area (Å²) in [5, 5.41) is 12.6. The molecule has 0 radical (unpaired) electrons. The van der Waals surface area contributed by atoms with E-state index in [4.69, 9.17) is 23.2 Å². The highest BCUT2D eigenvalue weighted by Gasteiger charge is 2.15. The second-order valence-electron chi connectivity index (χ2n) is 6.36. The van der Waals surface area contributed by atoms with Gasteiger partial charge in [-0.15, -0.1) is 0 Å². The normalized spacial score (nSPS) is 11.2. The molecule has 1 N–H and O–H groups in total. The number of aryl methyl sites for hydroxylation is 1. The van der Waals surface area contributed by atoms with Crippen LogP contribution in [-0.2, 0) is 4.79 Å². The van der Waals surface area contributed by atoms with E-state index in [1.165, 1.54) is 18.2 Å². The Morgan fingerprint density at radius 3 is 2.52 bits per heavy atom. The third kappa shape index (κ3) is 4.34. The summed E-state index contributed by atoms with van der Waals surface area (Å²) in [7, 11) is 0. The topological polar surface area (TPSA) is 57.8 Å². The molecule has 0 aliphatic rings. The van der Waals surface area contributed by atoms with Crippen molar-refractivity contribution in [3.8, 4) is 11.8 Å². The lowest BCUT2D eigenvalue weighted by Gasteiger charge is -2.10. The maximum Gasteiger partial charge on any atom is 0.266 e. The number of hydrogen-bond acceptors (Lipinski definition) is 2. The second-order valence-corrected chi connectivity index (χ2v) is 7.15. The van der Waals surface area contributed by atoms with Crippen LogP contribution < -0.4 is 5.32 Å². The van der Waals surface area contributed by atoms with Crippen molar-refractivity contribution in [2.75, 3.05) is 5.32 Å². The van der Waals surface area contributed by atoms with Crippen LogP contribution in [-0.4, -0.2) is 10.5 Å². The van der Waals surface area contributed by atoms with Gasteiger partial charge in [-0.3, -0.25) is 4.79 Å². The Labute approximate surface area is 177 Å². The fraction of sp³-hybridized carbons (Fsp3) is 0.0909. The Balaban J connectivity index is 1.94. The first-order chi connectivity index (χ1) is 13.8. The molecule has 0 saturated heterocycles. The molecule has 29 heavy (non-hydrogen) atoms. The van der Waals surface area contributed by atoms with E-state index in [1.807, 2.05) is 30.6 Å². The monoisotopic (exact) mass is 427 g/mol. The summed E-state index contributed by atoms with van der Waals surface area (Å²) >= 11 is 12.1. The Morgan fingerprint density at radius 1 is 1.17 bits per heavy atom. The van der Waals surface area contributed by atoms with Crippen LogP contribution in [0, 0.1) is 31.0 Å². The number of nitriles is 1. The van der Waals surface area contributed by atoms with Crippen molar-refractivity contribution in [2.24, 2.45) is 0 Å². The molecule has 4 nitrogen and oxygen atoms in total. The fourth-order valence-electron chi connectivity index (χ4n) is 3.02. The predicted octanol–water partition coefficient (Wildman–Crippen LogP) is 6.09. The lowest BCUT2D eigenvalue weighted by Crippen LogP contribution is -2.13. The van der Waals surface area contributed by atoms with Gasteiger partial charge in [-0.2, -0.15) is 5.26 Å². The van der Waals surface area contributed by atoms with Crippen molar-refractivity contribution in [2.45, 2.75) is 13.8 Å². The second kappa shape index (κ2) is 8.52. The summed E-state index contributed by atoms with van der Waals surface area (Å²) in [5.74, 6) is -0.914. The van der Waals surface area contributed by atoms with E-state index in [2.05, 4.69) is 5.32 Å². The van der Waals surface area contributed by atoms with Crippen LogP contribution in [0.25, 0.3) is 11.8 Å². The standard InChI is InChI=1S/C22H16Cl2FN3O/c1-13-10-15(14(2)28(13)18-8-6-17(25)7-9-18)11-16(12-26)22(29)27-20-5-3-4-19(23)21(20)24/h3-11H,1-2H3,(H,27,29)/b16-11-. The zero-order chi connectivity index (χ0) is 21.1. The molecule has 1 amide bonds. The van der Waals surface area contributed by atoms with Gasteiger partial charge in [0, 0.05) is 17.1 Å². The maximum atomic E-state index is 13.2. The van der Waals surface area contributed by atoms with E-state index in [0.717, 1.165) is 17.1 Å². The number of nitrogens with zero attached hydrogens (tertiary/aromatic N) is 2. The van der Waals surface area contributed by atoms with E-state index in [9.17, 15) is 14.4 Å². The molecule has 2 aromatic carbocycles. The van der Waals surface area contributed by atoms with E-state index in [0.29, 0.717) is 16.3 Å². The quantitative estimate of drug-likeness (QED) is 0.404. The Kier molecular flexibility index (Phi) is 6.07. The largest absolute Gasteiger partial charge is 0.320 e. The molecule has 3 rings (SSSR count). The van der Waals surface area contributed by atoms with Gasteiger partial charge in [0.1, 0.15) is 17.5 Å². The summed E-state index contributed by atoms with van der Waals surface area (Å²) in [6, 6.07) is 14.7. The third-order valence-corrected chi connectivity index (χ3v) is 5.24. The summed E-state index contributed by atoms with van der Waals surface area (Å²) in [6.45, 7) is 3.76. The molecular weight excluding hydrogens is 412 g/mol. The number of rotatable bonds is 4. The molecule has 0 fully saturated rings. The molecule has 146 valence electrons. The molecule has 7 heteroatoms. The first-order valence-electron chi connectivity index (χ1n) is 8.64. The number of hydrogen-bond donors (Lipinski definition) is 1. The molecule has 0 spiro atoms. The molecule has 0 unspecified atom stereocenters. The lowest BCUT2D eigenvalue weighted by molar-refractivity contribution is -0.112. The zero-order valence-electron chi connectivity index (χ0n) is 15.6. The van der Waals surface area contributed by atoms with Crippen LogP contribution in [0.2, 0.25) is 10.0 Å². The van der Waals surface area contributed by atoms with Crippen LogP contribution in [0.3, 0.4) is 0 Å². The lowest BCUT2D eigenvalue weighted by atomic mass is 10.1. The minimum atomic E-state index is -0.594. The number of benzene rings is 2. The van der Waals surface area contributed by atoms with E-state index in [1.54, 1.807) is 30.3 Å². The summed E-state index contributed by atoms with van der Waals surface area (Å²) in [4.78, 5) is 12.6. The van der Waals surface area contributed by atoms with E-state index in [-0.39, 0.29) is 16.4 Å². The number of nitrogens with one attached hydrogen (secondary N) is 1. The van der Waals surface area contributed by atoms with Gasteiger partial charge in [0.2, 0.25) is 0 Å². The average Bonchev–Trinajstić information content (AvgIpc) is 2.97. The van der Waals surface area contributed by atoms with Gasteiger partial charge >= 0.3 is 0 Å². The molecule has 0 aliphatic carbocycles. The molecule has 3 aromatic rings. The van der Waals surface area contributed by atoms with Crippen LogP contribution >= 0.6 is 23.2 Å². The van der Waals surface area contributed by atoms with Crippen molar-refractivity contribution in [1.82, 2.24) is 4.57 Å². The minimum Gasteiger partial charge on any atom is -0.320 e. The van der Waals surface area contributed by atoms with Crippen LogP contribution in [0.15, 0.2) is 54.1 Å². The number of anilines is 1. The summed E-state index contributed by atoms with van der Waals surface area (Å²) in [5.41, 5.74) is 3.43. The highest BCUT2D eigenvalue weighted by atomic mass is 35.5. The summed E-state index contributed by atoms with van der Waals surface area (Å²) in [6.07, 6.45) is 1.51. The number of carbonyl (C=O) groups excluding carboxylic acids is 1. The molecule has 0 aliphatic heterocycles. The number of aromatic nitrogens is 1. The zero-order valence-corrected chi connectivity index (χ0v) is 17.1. The molecular formula is C22H16Cl2FN3O. The van der Waals surface area contributed by atoms with Crippen LogP contribution in [0.4, 0.5) is 10.1 Å². The first kappa shape index (κ1) is 20.7. The SMILES string of the molecule is Cc1cc(/C=C(/C#N)C(=O)Nc2cccc(Cl)c2Cl)c(C)n1-c1ccc(F)cc1. The van der Waals surface area contributed by atoms with Crippen LogP contribution in [0.1, 0.15) is 17.0 Å². The Bertz CT molecular complexity index is 1160. The van der Waals surface area contributed by atoms with Crippen molar-refractivity contribution >= 4 is 40.9 Å². The highest BCUT2D eigenvalue weighted by molar-refractivity contribution is 6.44. The first-order valence-corrected chi connectivity index (χ1v) is 9.39. The van der Waals surface area contributed by atoms with Crippen molar-refractivity contribution in [3.05, 3.63) is 86.9 Å². The number of carbonyl (C=O) groups is 1. The minimum absolute atomic E-state index is 0.0830. The van der Waals surface area contributed by atoms with Crippen molar-refractivity contribution < 1.29 is 9.18 Å².